The van der Waals surface area contributed by atoms with E-state index in [1.807, 2.05) is 0 Å². The summed E-state index contributed by atoms with van der Waals surface area (Å²) in [6.07, 6.45) is 5.63. The Morgan fingerprint density at radius 2 is 1.62 bits per heavy atom. The second-order valence-electron chi connectivity index (χ2n) is 8.00. The highest BCUT2D eigenvalue weighted by Crippen LogP contribution is 2.45. The summed E-state index contributed by atoms with van der Waals surface area (Å²) in [6.45, 7) is 2.09. The van der Waals surface area contributed by atoms with Gasteiger partial charge >= 0.3 is 0 Å². The SMILES string of the molecule is N#Cc1c(N2CCCCC2)cc(-c2ccc(Br)cc2)c2c1CCc1ccccc1-2. The first kappa shape index (κ1) is 18.5. The topological polar surface area (TPSA) is 27.0 Å². The summed E-state index contributed by atoms with van der Waals surface area (Å²) >= 11 is 3.57. The van der Waals surface area contributed by atoms with E-state index >= 15 is 0 Å². The lowest BCUT2D eigenvalue weighted by atomic mass is 9.78. The van der Waals surface area contributed by atoms with Crippen molar-refractivity contribution >= 4 is 21.6 Å². The molecule has 3 heteroatoms. The lowest BCUT2D eigenvalue weighted by molar-refractivity contribution is 0.577. The van der Waals surface area contributed by atoms with Crippen LogP contribution < -0.4 is 4.90 Å². The van der Waals surface area contributed by atoms with Crippen LogP contribution in [0.25, 0.3) is 22.3 Å². The van der Waals surface area contributed by atoms with Gasteiger partial charge in [-0.3, -0.25) is 0 Å². The molecule has 0 atom stereocenters. The van der Waals surface area contributed by atoms with Gasteiger partial charge in [-0.15, -0.1) is 0 Å². The van der Waals surface area contributed by atoms with Gasteiger partial charge in [-0.05, 0) is 83.7 Å². The third-order valence-electron chi connectivity index (χ3n) is 6.30. The molecule has 0 N–H and O–H groups in total. The van der Waals surface area contributed by atoms with Crippen LogP contribution in [0.3, 0.4) is 0 Å². The van der Waals surface area contributed by atoms with Gasteiger partial charge in [0.05, 0.1) is 11.3 Å². The van der Waals surface area contributed by atoms with Gasteiger partial charge in [0.1, 0.15) is 6.07 Å². The summed E-state index contributed by atoms with van der Waals surface area (Å²) in [6, 6.07) is 22.1. The summed E-state index contributed by atoms with van der Waals surface area (Å²) in [5, 5.41) is 10.2. The van der Waals surface area contributed by atoms with Crippen LogP contribution in [0.15, 0.2) is 59.1 Å². The maximum absolute atomic E-state index is 10.2. The minimum absolute atomic E-state index is 0.886. The molecule has 0 aromatic heterocycles. The van der Waals surface area contributed by atoms with Crippen molar-refractivity contribution in [1.82, 2.24) is 0 Å². The van der Waals surface area contributed by atoms with Crippen molar-refractivity contribution in [2.75, 3.05) is 18.0 Å². The molecule has 1 heterocycles. The lowest BCUT2D eigenvalue weighted by Crippen LogP contribution is -2.30. The Morgan fingerprint density at radius 1 is 0.862 bits per heavy atom. The molecule has 0 saturated carbocycles. The Balaban J connectivity index is 1.80. The van der Waals surface area contributed by atoms with Crippen LogP contribution in [-0.2, 0) is 12.8 Å². The Kier molecular flexibility index (Phi) is 4.89. The number of anilines is 1. The summed E-state index contributed by atoms with van der Waals surface area (Å²) in [5.41, 5.74) is 9.63. The van der Waals surface area contributed by atoms with Gasteiger partial charge < -0.3 is 4.90 Å². The number of nitriles is 1. The summed E-state index contributed by atoms with van der Waals surface area (Å²) in [7, 11) is 0. The van der Waals surface area contributed by atoms with Gasteiger partial charge in [0.2, 0.25) is 0 Å². The smallest absolute Gasteiger partial charge is 0.102 e. The van der Waals surface area contributed by atoms with Gasteiger partial charge in [0, 0.05) is 17.6 Å². The number of hydrogen-bond acceptors (Lipinski definition) is 2. The number of piperidine rings is 1. The summed E-state index contributed by atoms with van der Waals surface area (Å²) in [4.78, 5) is 2.44. The highest BCUT2D eigenvalue weighted by Gasteiger charge is 2.27. The maximum Gasteiger partial charge on any atom is 0.102 e. The molecule has 3 aromatic rings. The number of rotatable bonds is 2. The Labute approximate surface area is 180 Å². The zero-order valence-electron chi connectivity index (χ0n) is 16.4. The molecule has 144 valence electrons. The molecule has 2 aliphatic rings. The molecule has 0 unspecified atom stereocenters. The molecule has 29 heavy (non-hydrogen) atoms. The van der Waals surface area contributed by atoms with Crippen LogP contribution in [0.2, 0.25) is 0 Å². The first-order chi connectivity index (χ1) is 14.3. The van der Waals surface area contributed by atoms with Crippen LogP contribution in [0.4, 0.5) is 5.69 Å². The third kappa shape index (κ3) is 3.26. The highest BCUT2D eigenvalue weighted by molar-refractivity contribution is 9.10. The zero-order valence-corrected chi connectivity index (χ0v) is 18.0. The number of halogens is 1. The first-order valence-corrected chi connectivity index (χ1v) is 11.2. The third-order valence-corrected chi connectivity index (χ3v) is 6.83. The Bertz CT molecular complexity index is 1100. The van der Waals surface area contributed by atoms with Crippen LogP contribution in [-0.4, -0.2) is 13.1 Å². The number of fused-ring (bicyclic) bond motifs is 3. The van der Waals surface area contributed by atoms with Crippen LogP contribution >= 0.6 is 15.9 Å². The van der Waals surface area contributed by atoms with Gasteiger partial charge in [-0.25, -0.2) is 0 Å². The summed E-state index contributed by atoms with van der Waals surface area (Å²) < 4.78 is 1.08. The minimum Gasteiger partial charge on any atom is -0.370 e. The second-order valence-corrected chi connectivity index (χ2v) is 8.91. The van der Waals surface area contributed by atoms with E-state index in [2.05, 4.69) is 81.5 Å². The molecule has 1 saturated heterocycles. The highest BCUT2D eigenvalue weighted by atomic mass is 79.9. The molecule has 1 aliphatic heterocycles. The largest absolute Gasteiger partial charge is 0.370 e. The minimum atomic E-state index is 0.886. The van der Waals surface area contributed by atoms with Crippen molar-refractivity contribution < 1.29 is 0 Å². The van der Waals surface area contributed by atoms with Crippen LogP contribution in [0.5, 0.6) is 0 Å². The predicted octanol–water partition coefficient (Wildman–Crippen LogP) is 6.74. The van der Waals surface area contributed by atoms with E-state index in [4.69, 9.17) is 0 Å². The predicted molar refractivity (Wildman–Crippen MR) is 123 cm³/mol. The van der Waals surface area contributed by atoms with E-state index in [1.54, 1.807) is 0 Å². The standard InChI is InChI=1S/C26H23BrN2/c27-20-11-8-19(9-12-20)23-16-25(29-14-4-1-5-15-29)24(17-28)22-13-10-18-6-2-3-7-21(18)26(22)23/h2-3,6-9,11-12,16H,1,4-5,10,13-15H2. The molecular formula is C26H23BrN2. The summed E-state index contributed by atoms with van der Waals surface area (Å²) in [5.74, 6) is 0. The molecular weight excluding hydrogens is 420 g/mol. The Hall–Kier alpha value is -2.57. The fraction of sp³-hybridized carbons (Fsp3) is 0.269. The van der Waals surface area contributed by atoms with E-state index < -0.39 is 0 Å². The van der Waals surface area contributed by atoms with E-state index in [-0.39, 0.29) is 0 Å². The van der Waals surface area contributed by atoms with Crippen molar-refractivity contribution in [2.45, 2.75) is 32.1 Å². The fourth-order valence-electron chi connectivity index (χ4n) is 4.89. The molecule has 0 spiro atoms. The monoisotopic (exact) mass is 442 g/mol. The van der Waals surface area contributed by atoms with E-state index in [0.717, 1.165) is 41.7 Å². The fourth-order valence-corrected chi connectivity index (χ4v) is 5.15. The van der Waals surface area contributed by atoms with Crippen molar-refractivity contribution in [3.63, 3.8) is 0 Å². The molecule has 1 aliphatic carbocycles. The molecule has 3 aromatic carbocycles. The molecule has 0 bridgehead atoms. The number of hydrogen-bond donors (Lipinski definition) is 0. The van der Waals surface area contributed by atoms with E-state index in [9.17, 15) is 5.26 Å². The van der Waals surface area contributed by atoms with Crippen molar-refractivity contribution in [1.29, 1.82) is 5.26 Å². The number of benzene rings is 3. The molecule has 0 radical (unpaired) electrons. The maximum atomic E-state index is 10.2. The zero-order chi connectivity index (χ0) is 19.8. The van der Waals surface area contributed by atoms with Crippen LogP contribution in [0, 0.1) is 11.3 Å². The molecule has 0 amide bonds. The van der Waals surface area contributed by atoms with Gasteiger partial charge in [0.15, 0.2) is 0 Å². The molecule has 5 rings (SSSR count). The van der Waals surface area contributed by atoms with Crippen LogP contribution in [0.1, 0.15) is 36.0 Å². The van der Waals surface area contributed by atoms with Crippen molar-refractivity contribution in [3.05, 3.63) is 75.8 Å². The average molecular weight is 443 g/mol. The first-order valence-electron chi connectivity index (χ1n) is 10.5. The Morgan fingerprint density at radius 3 is 2.38 bits per heavy atom. The van der Waals surface area contributed by atoms with E-state index in [1.165, 1.54) is 52.6 Å². The van der Waals surface area contributed by atoms with Gasteiger partial charge in [-0.2, -0.15) is 5.26 Å². The normalized spacial score (nSPS) is 15.4. The second kappa shape index (κ2) is 7.69. The molecule has 2 nitrogen and oxygen atoms in total. The average Bonchev–Trinajstić information content (AvgIpc) is 2.79. The van der Waals surface area contributed by atoms with Gasteiger partial charge in [0.25, 0.3) is 0 Å². The van der Waals surface area contributed by atoms with E-state index in [0.29, 0.717) is 0 Å². The number of nitrogens with zero attached hydrogens (tertiary/aromatic N) is 2. The quantitative estimate of drug-likeness (QED) is 0.438. The number of aryl methyl sites for hydroxylation is 1. The van der Waals surface area contributed by atoms with Crippen molar-refractivity contribution in [2.24, 2.45) is 0 Å². The lowest BCUT2D eigenvalue weighted by Gasteiger charge is -2.33. The van der Waals surface area contributed by atoms with Crippen molar-refractivity contribution in [3.8, 4) is 28.3 Å². The van der Waals surface area contributed by atoms with Gasteiger partial charge in [-0.1, -0.05) is 52.3 Å². The molecule has 1 fully saturated rings.